The van der Waals surface area contributed by atoms with E-state index in [0.717, 1.165) is 16.8 Å². The van der Waals surface area contributed by atoms with Gasteiger partial charge in [0.1, 0.15) is 18.0 Å². The number of benzene rings is 2. The highest BCUT2D eigenvalue weighted by Crippen LogP contribution is 2.47. The van der Waals surface area contributed by atoms with Crippen LogP contribution in [-0.4, -0.2) is 20.6 Å². The van der Waals surface area contributed by atoms with Gasteiger partial charge in [-0.15, -0.1) is 0 Å². The Kier molecular flexibility index (Phi) is 6.85. The summed E-state index contributed by atoms with van der Waals surface area (Å²) in [7, 11) is 0. The van der Waals surface area contributed by atoms with Crippen LogP contribution >= 0.6 is 34.8 Å². The number of nitrogens with one attached hydrogen (secondary N) is 1. The number of ether oxygens (including phenoxy) is 1. The summed E-state index contributed by atoms with van der Waals surface area (Å²) in [6, 6.07) is 7.88. The molecular weight excluding hydrogens is 536 g/mol. The highest BCUT2D eigenvalue weighted by Gasteiger charge is 2.42. The first-order valence-corrected chi connectivity index (χ1v) is 11.1. The van der Waals surface area contributed by atoms with Gasteiger partial charge in [0.25, 0.3) is 5.69 Å². The highest BCUT2D eigenvalue weighted by molar-refractivity contribution is 6.35. The third kappa shape index (κ3) is 5.80. The largest absolute Gasteiger partial charge is 0.455 e. The fourth-order valence-electron chi connectivity index (χ4n) is 3.34. The average Bonchev–Trinajstić information content (AvgIpc) is 3.52. The molecule has 0 atom stereocenters. The number of alkyl halides is 3. The minimum Gasteiger partial charge on any atom is -0.455 e. The van der Waals surface area contributed by atoms with Crippen molar-refractivity contribution in [1.29, 1.82) is 0 Å². The van der Waals surface area contributed by atoms with Gasteiger partial charge in [-0.1, -0.05) is 34.8 Å². The number of anilines is 1. The third-order valence-electron chi connectivity index (χ3n) is 4.97. The maximum Gasteiger partial charge on any atom is 0.436 e. The molecule has 1 saturated carbocycles. The minimum atomic E-state index is -4.78. The summed E-state index contributed by atoms with van der Waals surface area (Å²) in [6.07, 6.45) is -3.52. The smallest absolute Gasteiger partial charge is 0.436 e. The number of rotatable bonds is 7. The molecule has 0 spiro atoms. The zero-order valence-electron chi connectivity index (χ0n) is 17.4. The topological polar surface area (TPSA) is 99.3 Å². The molecular formula is C21H14Cl3F3N4O4. The summed E-state index contributed by atoms with van der Waals surface area (Å²) in [5, 5.41) is 17.3. The van der Waals surface area contributed by atoms with Crippen LogP contribution in [0.2, 0.25) is 15.1 Å². The molecule has 0 aliphatic heterocycles. The van der Waals surface area contributed by atoms with Gasteiger partial charge in [-0.2, -0.15) is 18.3 Å². The minimum absolute atomic E-state index is 0.0149. The van der Waals surface area contributed by atoms with Crippen LogP contribution in [0.4, 0.5) is 24.5 Å². The average molecular weight is 550 g/mol. The van der Waals surface area contributed by atoms with Crippen LogP contribution in [0.15, 0.2) is 36.4 Å². The normalized spacial score (nSPS) is 13.5. The lowest BCUT2D eigenvalue weighted by Gasteiger charge is -2.11. The molecule has 4 rings (SSSR count). The summed E-state index contributed by atoms with van der Waals surface area (Å²) in [5.74, 6) is -0.843. The van der Waals surface area contributed by atoms with Crippen molar-refractivity contribution in [2.24, 2.45) is 0 Å². The van der Waals surface area contributed by atoms with Crippen molar-refractivity contribution in [3.05, 3.63) is 73.0 Å². The van der Waals surface area contributed by atoms with Crippen molar-refractivity contribution in [1.82, 2.24) is 9.78 Å². The van der Waals surface area contributed by atoms with Crippen LogP contribution in [0.1, 0.15) is 30.1 Å². The Morgan fingerprint density at radius 2 is 1.91 bits per heavy atom. The van der Waals surface area contributed by atoms with E-state index in [4.69, 9.17) is 39.5 Å². The molecule has 2 aromatic carbocycles. The number of nitro groups is 1. The number of carbonyl (C=O) groups excluding carboxylic acids is 1. The second-order valence-corrected chi connectivity index (χ2v) is 8.90. The molecule has 0 bridgehead atoms. The number of hydrogen-bond acceptors (Lipinski definition) is 5. The van der Waals surface area contributed by atoms with Crippen LogP contribution in [-0.2, 0) is 17.5 Å². The predicted octanol–water partition coefficient (Wildman–Crippen LogP) is 7.08. The lowest BCUT2D eigenvalue weighted by Crippen LogP contribution is -2.21. The molecule has 1 aliphatic carbocycles. The van der Waals surface area contributed by atoms with Crippen LogP contribution in [0.3, 0.4) is 0 Å². The van der Waals surface area contributed by atoms with Gasteiger partial charge in [0.2, 0.25) is 5.91 Å². The molecule has 0 saturated heterocycles. The third-order valence-corrected chi connectivity index (χ3v) is 5.87. The van der Waals surface area contributed by atoms with Crippen LogP contribution < -0.4 is 10.1 Å². The van der Waals surface area contributed by atoms with Gasteiger partial charge < -0.3 is 10.1 Å². The summed E-state index contributed by atoms with van der Waals surface area (Å²) in [5.41, 5.74) is -1.55. The molecule has 0 unspecified atom stereocenters. The van der Waals surface area contributed by atoms with Gasteiger partial charge in [-0.05, 0) is 31.0 Å². The van der Waals surface area contributed by atoms with Crippen molar-refractivity contribution in [2.75, 3.05) is 5.32 Å². The second-order valence-electron chi connectivity index (χ2n) is 7.68. The van der Waals surface area contributed by atoms with Crippen molar-refractivity contribution < 1.29 is 27.6 Å². The predicted molar refractivity (Wildman–Crippen MR) is 122 cm³/mol. The van der Waals surface area contributed by atoms with E-state index in [-0.39, 0.29) is 33.8 Å². The molecule has 14 heteroatoms. The molecule has 1 aromatic heterocycles. The van der Waals surface area contributed by atoms with Crippen molar-refractivity contribution in [3.63, 3.8) is 0 Å². The standard InChI is InChI=1S/C21H14Cl3F3N4O4/c22-11-3-4-16(15(23)5-11)35-14-7-12(6-13(8-14)31(33)34)28-17(32)9-30-19(10-1-2-10)18(24)20(29-30)21(25,26)27/h3-8,10H,1-2,9H2,(H,28,32). The molecule has 0 radical (unpaired) electrons. The van der Waals surface area contributed by atoms with Gasteiger partial charge in [0, 0.05) is 23.1 Å². The fourth-order valence-corrected chi connectivity index (χ4v) is 4.19. The Morgan fingerprint density at radius 3 is 2.51 bits per heavy atom. The lowest BCUT2D eigenvalue weighted by molar-refractivity contribution is -0.384. The molecule has 184 valence electrons. The number of nitro benzene ring substituents is 1. The quantitative estimate of drug-likeness (QED) is 0.251. The fraction of sp³-hybridized carbons (Fsp3) is 0.238. The van der Waals surface area contributed by atoms with Crippen molar-refractivity contribution in [2.45, 2.75) is 31.5 Å². The zero-order valence-corrected chi connectivity index (χ0v) is 19.7. The van der Waals surface area contributed by atoms with Gasteiger partial charge in [-0.3, -0.25) is 19.6 Å². The van der Waals surface area contributed by atoms with E-state index in [1.54, 1.807) is 0 Å². The van der Waals surface area contributed by atoms with E-state index >= 15 is 0 Å². The molecule has 1 N–H and O–H groups in total. The first kappa shape index (κ1) is 25.1. The number of aromatic nitrogens is 2. The van der Waals surface area contributed by atoms with E-state index in [1.165, 1.54) is 24.3 Å². The van der Waals surface area contributed by atoms with Crippen molar-refractivity contribution >= 4 is 52.1 Å². The highest BCUT2D eigenvalue weighted by atomic mass is 35.5. The van der Waals surface area contributed by atoms with Gasteiger partial charge in [0.05, 0.1) is 32.4 Å². The van der Waals surface area contributed by atoms with Crippen molar-refractivity contribution in [3.8, 4) is 11.5 Å². The number of nitrogens with zero attached hydrogens (tertiary/aromatic N) is 3. The van der Waals surface area contributed by atoms with Crippen LogP contribution in [0.25, 0.3) is 0 Å². The molecule has 35 heavy (non-hydrogen) atoms. The first-order chi connectivity index (χ1) is 16.4. The molecule has 3 aromatic rings. The number of halogens is 6. The number of carbonyl (C=O) groups is 1. The van der Waals surface area contributed by atoms with E-state index in [9.17, 15) is 28.1 Å². The number of amides is 1. The maximum atomic E-state index is 13.2. The first-order valence-electron chi connectivity index (χ1n) is 9.98. The van der Waals surface area contributed by atoms with Crippen LogP contribution in [0, 0.1) is 10.1 Å². The maximum absolute atomic E-state index is 13.2. The number of non-ortho nitro benzene ring substituents is 1. The van der Waals surface area contributed by atoms with Crippen LogP contribution in [0.5, 0.6) is 11.5 Å². The van der Waals surface area contributed by atoms with E-state index in [2.05, 4.69) is 10.4 Å². The number of hydrogen-bond donors (Lipinski definition) is 1. The zero-order chi connectivity index (χ0) is 25.5. The molecule has 1 amide bonds. The SMILES string of the molecule is O=C(Cn1nc(C(F)(F)F)c(Cl)c1C1CC1)Nc1cc(Oc2ccc(Cl)cc2Cl)cc([N+](=O)[O-])c1. The Morgan fingerprint density at radius 1 is 1.20 bits per heavy atom. The lowest BCUT2D eigenvalue weighted by atomic mass is 10.2. The second kappa shape index (κ2) is 9.56. The Hall–Kier alpha value is -3.02. The summed E-state index contributed by atoms with van der Waals surface area (Å²) < 4.78 is 46.3. The summed E-state index contributed by atoms with van der Waals surface area (Å²) in [6.45, 7) is -0.580. The molecule has 1 heterocycles. The summed E-state index contributed by atoms with van der Waals surface area (Å²) >= 11 is 17.8. The van der Waals surface area contributed by atoms with Gasteiger partial charge in [-0.25, -0.2) is 0 Å². The molecule has 8 nitrogen and oxygen atoms in total. The van der Waals surface area contributed by atoms with E-state index < -0.39 is 40.0 Å². The monoisotopic (exact) mass is 548 g/mol. The Balaban J connectivity index is 1.58. The Bertz CT molecular complexity index is 1330. The van der Waals surface area contributed by atoms with E-state index in [1.807, 2.05) is 0 Å². The Labute approximate surface area is 210 Å². The van der Waals surface area contributed by atoms with E-state index in [0.29, 0.717) is 17.9 Å². The van der Waals surface area contributed by atoms with Gasteiger partial charge in [0.15, 0.2) is 5.69 Å². The van der Waals surface area contributed by atoms with Gasteiger partial charge >= 0.3 is 6.18 Å². The summed E-state index contributed by atoms with van der Waals surface area (Å²) in [4.78, 5) is 23.3. The molecule has 1 fully saturated rings. The molecule has 1 aliphatic rings.